The molecule has 1 aliphatic rings. The van der Waals surface area contributed by atoms with Crippen molar-refractivity contribution in [2.45, 2.75) is 18.8 Å². The third kappa shape index (κ3) is 3.35. The number of esters is 1. The maximum atomic E-state index is 14.3. The van der Waals surface area contributed by atoms with Gasteiger partial charge in [0.05, 0.1) is 12.8 Å². The summed E-state index contributed by atoms with van der Waals surface area (Å²) in [6, 6.07) is 2.74. The molecule has 0 amide bonds. The van der Waals surface area contributed by atoms with Crippen LogP contribution in [0.1, 0.15) is 22.5 Å². The predicted molar refractivity (Wildman–Crippen MR) is 83.0 cm³/mol. The SMILES string of the molecule is COC(=O)c1cc(-c2cnc(N3CCC(F)(F)CC3)c(F)c2)ns1. The van der Waals surface area contributed by atoms with Crippen molar-refractivity contribution >= 4 is 23.3 Å². The summed E-state index contributed by atoms with van der Waals surface area (Å²) in [5, 5.41) is 0. The molecule has 128 valence electrons. The minimum absolute atomic E-state index is 0.0534. The zero-order valence-corrected chi connectivity index (χ0v) is 13.6. The Labute approximate surface area is 140 Å². The highest BCUT2D eigenvalue weighted by molar-refractivity contribution is 7.08. The van der Waals surface area contributed by atoms with E-state index in [0.29, 0.717) is 16.1 Å². The van der Waals surface area contributed by atoms with Crippen LogP contribution in [0.2, 0.25) is 0 Å². The summed E-state index contributed by atoms with van der Waals surface area (Å²) in [6.07, 6.45) is 0.788. The molecule has 0 aromatic carbocycles. The lowest BCUT2D eigenvalue weighted by Crippen LogP contribution is -2.40. The number of aromatic nitrogens is 2. The average Bonchev–Trinajstić information content (AvgIpc) is 3.04. The van der Waals surface area contributed by atoms with Crippen molar-refractivity contribution in [2.75, 3.05) is 25.1 Å². The fraction of sp³-hybridized carbons (Fsp3) is 0.400. The molecular weight excluding hydrogens is 343 g/mol. The first-order valence-electron chi connectivity index (χ1n) is 7.23. The molecular formula is C15H14F3N3O2S. The standard InChI is InChI=1S/C15H14F3N3O2S/c1-23-14(22)12-7-11(20-24-12)9-6-10(16)13(19-8-9)21-4-2-15(17,18)3-5-21/h6-8H,2-5H2,1H3. The van der Waals surface area contributed by atoms with Gasteiger partial charge in [-0.1, -0.05) is 0 Å². The molecule has 1 fully saturated rings. The normalized spacial score (nSPS) is 16.9. The molecule has 24 heavy (non-hydrogen) atoms. The number of hydrogen-bond acceptors (Lipinski definition) is 6. The Morgan fingerprint density at radius 3 is 2.67 bits per heavy atom. The highest BCUT2D eigenvalue weighted by Crippen LogP contribution is 2.32. The van der Waals surface area contributed by atoms with Crippen molar-refractivity contribution in [3.05, 3.63) is 29.0 Å². The summed E-state index contributed by atoms with van der Waals surface area (Å²) in [5.41, 5.74) is 0.813. The topological polar surface area (TPSA) is 55.3 Å². The fourth-order valence-electron chi connectivity index (χ4n) is 2.46. The first kappa shape index (κ1) is 16.7. The molecule has 3 heterocycles. The van der Waals surface area contributed by atoms with E-state index >= 15 is 0 Å². The van der Waals surface area contributed by atoms with Crippen LogP contribution in [0, 0.1) is 5.82 Å². The largest absolute Gasteiger partial charge is 0.465 e. The molecule has 2 aromatic heterocycles. The Balaban J connectivity index is 1.80. The number of carbonyl (C=O) groups is 1. The van der Waals surface area contributed by atoms with Crippen molar-refractivity contribution < 1.29 is 22.7 Å². The lowest BCUT2D eigenvalue weighted by atomic mass is 10.1. The van der Waals surface area contributed by atoms with E-state index in [1.807, 2.05) is 0 Å². The zero-order valence-electron chi connectivity index (χ0n) is 12.8. The number of ether oxygens (including phenoxy) is 1. The van der Waals surface area contributed by atoms with Gasteiger partial charge in [0.1, 0.15) is 4.88 Å². The number of alkyl halides is 2. The van der Waals surface area contributed by atoms with E-state index in [1.165, 1.54) is 30.3 Å². The molecule has 0 unspecified atom stereocenters. The van der Waals surface area contributed by atoms with Gasteiger partial charge in [0.25, 0.3) is 5.92 Å². The molecule has 2 aromatic rings. The number of rotatable bonds is 3. The van der Waals surface area contributed by atoms with E-state index in [2.05, 4.69) is 14.1 Å². The van der Waals surface area contributed by atoms with Crippen LogP contribution in [-0.2, 0) is 4.74 Å². The Morgan fingerprint density at radius 1 is 1.33 bits per heavy atom. The van der Waals surface area contributed by atoms with Crippen molar-refractivity contribution in [2.24, 2.45) is 0 Å². The molecule has 0 N–H and O–H groups in total. The maximum absolute atomic E-state index is 14.3. The maximum Gasteiger partial charge on any atom is 0.349 e. The monoisotopic (exact) mass is 357 g/mol. The van der Waals surface area contributed by atoms with Gasteiger partial charge in [0.2, 0.25) is 0 Å². The van der Waals surface area contributed by atoms with Crippen molar-refractivity contribution in [3.8, 4) is 11.3 Å². The molecule has 5 nitrogen and oxygen atoms in total. The Bertz CT molecular complexity index is 756. The van der Waals surface area contributed by atoms with Crippen LogP contribution in [0.3, 0.4) is 0 Å². The molecule has 0 saturated carbocycles. The average molecular weight is 357 g/mol. The molecule has 0 spiro atoms. The Hall–Kier alpha value is -2.16. The summed E-state index contributed by atoms with van der Waals surface area (Å²) < 4.78 is 49.4. The number of methoxy groups -OCH3 is 1. The first-order valence-corrected chi connectivity index (χ1v) is 8.01. The van der Waals surface area contributed by atoms with E-state index in [9.17, 15) is 18.0 Å². The molecule has 0 bridgehead atoms. The summed E-state index contributed by atoms with van der Waals surface area (Å²) in [4.78, 5) is 17.3. The van der Waals surface area contributed by atoms with Gasteiger partial charge in [-0.2, -0.15) is 4.37 Å². The quantitative estimate of drug-likeness (QED) is 0.789. The first-order chi connectivity index (χ1) is 11.4. The van der Waals surface area contributed by atoms with Gasteiger partial charge in [-0.3, -0.25) is 0 Å². The number of pyridine rings is 1. The van der Waals surface area contributed by atoms with Crippen LogP contribution in [0.25, 0.3) is 11.3 Å². The predicted octanol–water partition coefficient (Wildman–Crippen LogP) is 3.37. The molecule has 0 atom stereocenters. The van der Waals surface area contributed by atoms with Gasteiger partial charge in [-0.15, -0.1) is 0 Å². The third-order valence-electron chi connectivity index (χ3n) is 3.81. The highest BCUT2D eigenvalue weighted by Gasteiger charge is 2.35. The smallest absolute Gasteiger partial charge is 0.349 e. The third-order valence-corrected chi connectivity index (χ3v) is 4.58. The van der Waals surface area contributed by atoms with Gasteiger partial charge >= 0.3 is 5.97 Å². The van der Waals surface area contributed by atoms with Crippen LogP contribution in [0.5, 0.6) is 0 Å². The fourth-order valence-corrected chi connectivity index (χ4v) is 3.13. The van der Waals surface area contributed by atoms with Gasteiger partial charge in [-0.25, -0.2) is 22.9 Å². The van der Waals surface area contributed by atoms with E-state index in [1.54, 1.807) is 0 Å². The minimum atomic E-state index is -2.70. The lowest BCUT2D eigenvalue weighted by Gasteiger charge is -2.32. The second kappa shape index (κ2) is 6.39. The highest BCUT2D eigenvalue weighted by atomic mass is 32.1. The number of piperidine rings is 1. The van der Waals surface area contributed by atoms with Crippen LogP contribution < -0.4 is 4.90 Å². The Morgan fingerprint density at radius 2 is 2.04 bits per heavy atom. The molecule has 1 aliphatic heterocycles. The summed E-state index contributed by atoms with van der Waals surface area (Å²) in [5.74, 6) is -3.77. The van der Waals surface area contributed by atoms with Gasteiger partial charge in [0.15, 0.2) is 11.6 Å². The van der Waals surface area contributed by atoms with E-state index < -0.39 is 17.7 Å². The summed E-state index contributed by atoms with van der Waals surface area (Å²) >= 11 is 0.946. The second-order valence-electron chi connectivity index (χ2n) is 5.44. The lowest BCUT2D eigenvalue weighted by molar-refractivity contribution is -0.0222. The minimum Gasteiger partial charge on any atom is -0.465 e. The Kier molecular flexibility index (Phi) is 4.44. The van der Waals surface area contributed by atoms with Crippen molar-refractivity contribution in [1.82, 2.24) is 9.36 Å². The number of nitrogens with zero attached hydrogens (tertiary/aromatic N) is 3. The van der Waals surface area contributed by atoms with Crippen molar-refractivity contribution in [3.63, 3.8) is 0 Å². The van der Waals surface area contributed by atoms with Crippen LogP contribution in [0.15, 0.2) is 18.3 Å². The second-order valence-corrected chi connectivity index (χ2v) is 6.25. The summed E-state index contributed by atoms with van der Waals surface area (Å²) in [7, 11) is 1.26. The molecule has 0 radical (unpaired) electrons. The van der Waals surface area contributed by atoms with Crippen LogP contribution in [-0.4, -0.2) is 41.4 Å². The van der Waals surface area contributed by atoms with Crippen LogP contribution >= 0.6 is 11.5 Å². The summed E-state index contributed by atoms with van der Waals surface area (Å²) in [6.45, 7) is 0.110. The number of halogens is 3. The van der Waals surface area contributed by atoms with Gasteiger partial charge in [-0.05, 0) is 23.7 Å². The van der Waals surface area contributed by atoms with E-state index in [-0.39, 0.29) is 31.7 Å². The van der Waals surface area contributed by atoms with E-state index in [4.69, 9.17) is 0 Å². The number of hydrogen-bond donors (Lipinski definition) is 0. The molecule has 3 rings (SSSR count). The van der Waals surface area contributed by atoms with Gasteiger partial charge < -0.3 is 9.64 Å². The molecule has 0 aliphatic carbocycles. The van der Waals surface area contributed by atoms with E-state index in [0.717, 1.165) is 11.5 Å². The zero-order chi connectivity index (χ0) is 17.3. The number of anilines is 1. The molecule has 9 heteroatoms. The molecule has 1 saturated heterocycles. The van der Waals surface area contributed by atoms with Gasteiger partial charge in [0, 0.05) is 37.7 Å². The van der Waals surface area contributed by atoms with Crippen molar-refractivity contribution in [1.29, 1.82) is 0 Å². The number of carbonyl (C=O) groups excluding carboxylic acids is 1. The van der Waals surface area contributed by atoms with Crippen LogP contribution in [0.4, 0.5) is 19.0 Å².